The van der Waals surface area contributed by atoms with Crippen molar-refractivity contribution in [3.63, 3.8) is 0 Å². The fourth-order valence-electron chi connectivity index (χ4n) is 3.31. The lowest BCUT2D eigenvalue weighted by Gasteiger charge is -2.15. The average Bonchev–Trinajstić information content (AvgIpc) is 3.14. The number of nitrogens with zero attached hydrogens (tertiary/aromatic N) is 4. The Morgan fingerprint density at radius 2 is 2.10 bits per heavy atom. The molecule has 3 aromatic heterocycles. The van der Waals surface area contributed by atoms with Crippen LogP contribution in [-0.2, 0) is 13.5 Å². The Bertz CT molecular complexity index is 1170. The summed E-state index contributed by atoms with van der Waals surface area (Å²) in [6, 6.07) is 11.0. The zero-order valence-electron chi connectivity index (χ0n) is 16.1. The molecule has 1 atom stereocenters. The van der Waals surface area contributed by atoms with E-state index in [1.54, 1.807) is 35.3 Å². The molecule has 0 aliphatic heterocycles. The molecule has 1 amide bonds. The summed E-state index contributed by atoms with van der Waals surface area (Å²) >= 11 is 6.19. The molecule has 4 rings (SSSR count). The zero-order valence-corrected chi connectivity index (χ0v) is 16.9. The first-order valence-corrected chi connectivity index (χ1v) is 9.66. The lowest BCUT2D eigenvalue weighted by molar-refractivity contribution is 0.0941. The second kappa shape index (κ2) is 8.01. The van der Waals surface area contributed by atoms with Gasteiger partial charge in [-0.3, -0.25) is 14.5 Å². The summed E-state index contributed by atoms with van der Waals surface area (Å²) in [4.78, 5) is 22.0. The molecule has 1 unspecified atom stereocenters. The third-order valence-corrected chi connectivity index (χ3v) is 4.89. The van der Waals surface area contributed by atoms with Crippen molar-refractivity contribution in [3.8, 4) is 11.3 Å². The summed E-state index contributed by atoms with van der Waals surface area (Å²) in [7, 11) is 1.85. The molecule has 146 valence electrons. The van der Waals surface area contributed by atoms with Gasteiger partial charge in [0.25, 0.3) is 5.91 Å². The number of pyridine rings is 2. The topological polar surface area (TPSA) is 72.7 Å². The van der Waals surface area contributed by atoms with Gasteiger partial charge in [-0.15, -0.1) is 0 Å². The molecule has 0 fully saturated rings. The third-order valence-electron chi connectivity index (χ3n) is 4.66. The Balaban J connectivity index is 1.68. The quantitative estimate of drug-likeness (QED) is 0.543. The molecule has 0 saturated heterocycles. The highest BCUT2D eigenvalue weighted by molar-refractivity contribution is 6.31. The third kappa shape index (κ3) is 4.27. The van der Waals surface area contributed by atoms with Gasteiger partial charge in [-0.25, -0.2) is 4.98 Å². The minimum atomic E-state index is -0.166. The van der Waals surface area contributed by atoms with Crippen molar-refractivity contribution >= 4 is 28.4 Å². The van der Waals surface area contributed by atoms with Gasteiger partial charge in [0.05, 0.1) is 23.0 Å². The maximum absolute atomic E-state index is 13.1. The fourth-order valence-corrected chi connectivity index (χ4v) is 3.48. The molecule has 1 aromatic carbocycles. The Morgan fingerprint density at radius 1 is 1.24 bits per heavy atom. The van der Waals surface area contributed by atoms with Crippen LogP contribution >= 0.6 is 11.6 Å². The van der Waals surface area contributed by atoms with E-state index in [2.05, 4.69) is 20.4 Å². The summed E-state index contributed by atoms with van der Waals surface area (Å²) in [5.74, 6) is -0.166. The number of fused-ring (bicyclic) bond motifs is 1. The highest BCUT2D eigenvalue weighted by Gasteiger charge is 2.17. The Labute approximate surface area is 173 Å². The van der Waals surface area contributed by atoms with Crippen LogP contribution in [0.15, 0.2) is 61.2 Å². The van der Waals surface area contributed by atoms with Crippen LogP contribution in [0.3, 0.4) is 0 Å². The molecular weight excluding hydrogens is 386 g/mol. The fraction of sp³-hybridized carbons (Fsp3) is 0.182. The molecule has 0 saturated carbocycles. The van der Waals surface area contributed by atoms with Crippen LogP contribution in [0.2, 0.25) is 5.02 Å². The lowest BCUT2D eigenvalue weighted by Crippen LogP contribution is -2.34. The standard InChI is InChI=1S/C22H20ClN5O/c1-14(8-15-4-3-7-24-11-15)26-22(29)19-10-21(16-12-25-28(2)13-16)27-20-6-5-17(23)9-18(19)20/h3-7,9-14H,8H2,1-2H3,(H,26,29). The van der Waals surface area contributed by atoms with E-state index in [-0.39, 0.29) is 11.9 Å². The van der Waals surface area contributed by atoms with Crippen molar-refractivity contribution < 1.29 is 4.79 Å². The molecule has 6 nitrogen and oxygen atoms in total. The first-order valence-electron chi connectivity index (χ1n) is 9.28. The number of benzene rings is 1. The number of carbonyl (C=O) groups is 1. The largest absolute Gasteiger partial charge is 0.349 e. The van der Waals surface area contributed by atoms with E-state index in [9.17, 15) is 4.79 Å². The van der Waals surface area contributed by atoms with Gasteiger partial charge in [-0.2, -0.15) is 5.10 Å². The van der Waals surface area contributed by atoms with Crippen LogP contribution in [0.25, 0.3) is 22.2 Å². The van der Waals surface area contributed by atoms with Crippen LogP contribution in [0.5, 0.6) is 0 Å². The molecule has 0 radical (unpaired) electrons. The molecule has 7 heteroatoms. The molecule has 0 spiro atoms. The molecule has 0 aliphatic carbocycles. The van der Waals surface area contributed by atoms with E-state index >= 15 is 0 Å². The lowest BCUT2D eigenvalue weighted by atomic mass is 10.0. The van der Waals surface area contributed by atoms with Crippen LogP contribution in [0.1, 0.15) is 22.8 Å². The van der Waals surface area contributed by atoms with Gasteiger partial charge in [-0.1, -0.05) is 17.7 Å². The number of aryl methyl sites for hydroxylation is 1. The summed E-state index contributed by atoms with van der Waals surface area (Å²) in [6.45, 7) is 1.98. The van der Waals surface area contributed by atoms with Gasteiger partial charge in [0.1, 0.15) is 0 Å². The minimum Gasteiger partial charge on any atom is -0.349 e. The Kier molecular flexibility index (Phi) is 5.27. The van der Waals surface area contributed by atoms with Gasteiger partial charge in [0.2, 0.25) is 0 Å². The zero-order chi connectivity index (χ0) is 20.4. The van der Waals surface area contributed by atoms with Crippen molar-refractivity contribution in [1.29, 1.82) is 0 Å². The summed E-state index contributed by atoms with van der Waals surface area (Å²) < 4.78 is 1.71. The first-order chi connectivity index (χ1) is 14.0. The maximum atomic E-state index is 13.1. The molecule has 3 heterocycles. The second-order valence-electron chi connectivity index (χ2n) is 7.06. The molecule has 4 aromatic rings. The van der Waals surface area contributed by atoms with Crippen molar-refractivity contribution in [3.05, 3.63) is 77.3 Å². The van der Waals surface area contributed by atoms with Gasteiger partial charge < -0.3 is 5.32 Å². The number of hydrogen-bond acceptors (Lipinski definition) is 4. The number of hydrogen-bond donors (Lipinski definition) is 1. The van der Waals surface area contributed by atoms with Crippen molar-refractivity contribution in [1.82, 2.24) is 25.1 Å². The van der Waals surface area contributed by atoms with E-state index < -0.39 is 0 Å². The average molecular weight is 406 g/mol. The number of nitrogens with one attached hydrogen (secondary N) is 1. The number of amides is 1. The van der Waals surface area contributed by atoms with Crippen LogP contribution in [-0.4, -0.2) is 31.7 Å². The van der Waals surface area contributed by atoms with Crippen molar-refractivity contribution in [2.24, 2.45) is 7.05 Å². The van der Waals surface area contributed by atoms with Crippen molar-refractivity contribution in [2.45, 2.75) is 19.4 Å². The van der Waals surface area contributed by atoms with E-state index in [1.165, 1.54) is 0 Å². The van der Waals surface area contributed by atoms with Crippen LogP contribution < -0.4 is 5.32 Å². The summed E-state index contributed by atoms with van der Waals surface area (Å²) in [5, 5.41) is 8.57. The monoisotopic (exact) mass is 405 g/mol. The van der Waals surface area contributed by atoms with Crippen LogP contribution in [0.4, 0.5) is 0 Å². The van der Waals surface area contributed by atoms with E-state index in [4.69, 9.17) is 11.6 Å². The molecule has 0 aliphatic rings. The van der Waals surface area contributed by atoms with E-state index in [1.807, 2.05) is 44.6 Å². The molecule has 29 heavy (non-hydrogen) atoms. The molecule has 1 N–H and O–H groups in total. The van der Waals surface area contributed by atoms with Gasteiger partial charge in [-0.05, 0) is 49.2 Å². The van der Waals surface area contributed by atoms with Crippen molar-refractivity contribution in [2.75, 3.05) is 0 Å². The molecule has 0 bridgehead atoms. The second-order valence-corrected chi connectivity index (χ2v) is 7.50. The Morgan fingerprint density at radius 3 is 2.83 bits per heavy atom. The van der Waals surface area contributed by atoms with E-state index in [0.29, 0.717) is 28.2 Å². The number of rotatable bonds is 5. The van der Waals surface area contributed by atoms with Gasteiger partial charge in [0.15, 0.2) is 0 Å². The normalized spacial score (nSPS) is 12.1. The highest BCUT2D eigenvalue weighted by atomic mass is 35.5. The smallest absolute Gasteiger partial charge is 0.252 e. The minimum absolute atomic E-state index is 0.0593. The SMILES string of the molecule is CC(Cc1cccnc1)NC(=O)c1cc(-c2cnn(C)c2)nc2ccc(Cl)cc12. The van der Waals surface area contributed by atoms with Crippen LogP contribution in [0, 0.1) is 0 Å². The Hall–Kier alpha value is -3.25. The summed E-state index contributed by atoms with van der Waals surface area (Å²) in [6.07, 6.45) is 7.84. The number of aromatic nitrogens is 4. The highest BCUT2D eigenvalue weighted by Crippen LogP contribution is 2.27. The molecular formula is C22H20ClN5O. The summed E-state index contributed by atoms with van der Waals surface area (Å²) in [5.41, 5.74) is 3.86. The maximum Gasteiger partial charge on any atom is 0.252 e. The predicted molar refractivity (Wildman–Crippen MR) is 114 cm³/mol. The predicted octanol–water partition coefficient (Wildman–Crippen LogP) is 4.04. The number of carbonyl (C=O) groups excluding carboxylic acids is 1. The van der Waals surface area contributed by atoms with E-state index in [0.717, 1.165) is 16.5 Å². The van der Waals surface area contributed by atoms with Gasteiger partial charge >= 0.3 is 0 Å². The van der Waals surface area contributed by atoms with Gasteiger partial charge in [0, 0.05) is 47.7 Å². The number of halogens is 1. The first kappa shape index (κ1) is 19.1.